The Labute approximate surface area is 130 Å². The SMILES string of the molecule is CCCNC(c1ccc(C2CCCCC2)cc1)C1CCC1. The van der Waals surface area contributed by atoms with E-state index >= 15 is 0 Å². The molecule has 2 aliphatic carbocycles. The van der Waals surface area contributed by atoms with Crippen LogP contribution >= 0.6 is 0 Å². The van der Waals surface area contributed by atoms with Gasteiger partial charge in [0.25, 0.3) is 0 Å². The predicted octanol–water partition coefficient (Wildman–Crippen LogP) is 5.58. The second kappa shape index (κ2) is 7.45. The monoisotopic (exact) mass is 285 g/mol. The van der Waals surface area contributed by atoms with Crippen LogP contribution in [0.4, 0.5) is 0 Å². The molecule has 1 unspecified atom stereocenters. The highest BCUT2D eigenvalue weighted by Gasteiger charge is 2.28. The number of hydrogen-bond acceptors (Lipinski definition) is 1. The van der Waals surface area contributed by atoms with Gasteiger partial charge in [-0.1, -0.05) is 56.9 Å². The van der Waals surface area contributed by atoms with Gasteiger partial charge in [0.05, 0.1) is 0 Å². The highest BCUT2D eigenvalue weighted by atomic mass is 14.9. The summed E-state index contributed by atoms with van der Waals surface area (Å²) in [5.41, 5.74) is 3.11. The summed E-state index contributed by atoms with van der Waals surface area (Å²) in [6.07, 6.45) is 12.6. The van der Waals surface area contributed by atoms with Crippen LogP contribution in [-0.4, -0.2) is 6.54 Å². The quantitative estimate of drug-likeness (QED) is 0.720. The molecule has 0 aromatic heterocycles. The normalized spacial score (nSPS) is 22.0. The molecular weight excluding hydrogens is 254 g/mol. The standard InChI is InChI=1S/C20H31N/c1-2-15-21-20(18-9-6-10-18)19-13-11-17(12-14-19)16-7-4-3-5-8-16/h11-14,16,18,20-21H,2-10,15H2,1H3. The van der Waals surface area contributed by atoms with Crippen molar-refractivity contribution >= 4 is 0 Å². The molecule has 0 aliphatic heterocycles. The van der Waals surface area contributed by atoms with E-state index in [1.807, 2.05) is 0 Å². The Bertz CT molecular complexity index is 412. The van der Waals surface area contributed by atoms with E-state index in [2.05, 4.69) is 36.5 Å². The van der Waals surface area contributed by atoms with Crippen LogP contribution in [0, 0.1) is 5.92 Å². The Morgan fingerprint density at radius 2 is 1.67 bits per heavy atom. The van der Waals surface area contributed by atoms with Crippen molar-refractivity contribution in [2.45, 2.75) is 76.7 Å². The lowest BCUT2D eigenvalue weighted by Gasteiger charge is -2.35. The number of hydrogen-bond donors (Lipinski definition) is 1. The average Bonchev–Trinajstić information content (AvgIpc) is 2.50. The lowest BCUT2D eigenvalue weighted by molar-refractivity contribution is 0.231. The topological polar surface area (TPSA) is 12.0 Å². The van der Waals surface area contributed by atoms with E-state index in [9.17, 15) is 0 Å². The summed E-state index contributed by atoms with van der Waals surface area (Å²) in [4.78, 5) is 0. The van der Waals surface area contributed by atoms with Crippen molar-refractivity contribution in [3.05, 3.63) is 35.4 Å². The summed E-state index contributed by atoms with van der Waals surface area (Å²) in [6, 6.07) is 10.3. The second-order valence-corrected chi connectivity index (χ2v) is 7.12. The molecule has 1 atom stereocenters. The first-order chi connectivity index (χ1) is 10.4. The average molecular weight is 285 g/mol. The van der Waals surface area contributed by atoms with Crippen LogP contribution in [-0.2, 0) is 0 Å². The third kappa shape index (κ3) is 3.69. The van der Waals surface area contributed by atoms with Gasteiger partial charge in [0.15, 0.2) is 0 Å². The van der Waals surface area contributed by atoms with E-state index < -0.39 is 0 Å². The summed E-state index contributed by atoms with van der Waals surface area (Å²) >= 11 is 0. The van der Waals surface area contributed by atoms with Crippen LogP contribution in [0.1, 0.15) is 87.8 Å². The molecule has 2 fully saturated rings. The van der Waals surface area contributed by atoms with Crippen molar-refractivity contribution in [1.29, 1.82) is 0 Å². The summed E-state index contributed by atoms with van der Waals surface area (Å²) in [5.74, 6) is 1.70. The molecule has 0 amide bonds. The van der Waals surface area contributed by atoms with E-state index in [4.69, 9.17) is 0 Å². The predicted molar refractivity (Wildman–Crippen MR) is 90.6 cm³/mol. The van der Waals surface area contributed by atoms with Crippen LogP contribution in [0.5, 0.6) is 0 Å². The largest absolute Gasteiger partial charge is 0.310 e. The Morgan fingerprint density at radius 3 is 2.24 bits per heavy atom. The summed E-state index contributed by atoms with van der Waals surface area (Å²) in [7, 11) is 0. The van der Waals surface area contributed by atoms with Gasteiger partial charge in [0, 0.05) is 6.04 Å². The van der Waals surface area contributed by atoms with Crippen molar-refractivity contribution in [3.8, 4) is 0 Å². The van der Waals surface area contributed by atoms with Crippen molar-refractivity contribution in [2.75, 3.05) is 6.54 Å². The molecular formula is C20H31N. The first-order valence-corrected chi connectivity index (χ1v) is 9.21. The van der Waals surface area contributed by atoms with Crippen molar-refractivity contribution in [2.24, 2.45) is 5.92 Å². The maximum atomic E-state index is 3.79. The molecule has 2 saturated carbocycles. The van der Waals surface area contributed by atoms with Crippen molar-refractivity contribution in [1.82, 2.24) is 5.32 Å². The van der Waals surface area contributed by atoms with Crippen LogP contribution in [0.3, 0.4) is 0 Å². The van der Waals surface area contributed by atoms with Crippen molar-refractivity contribution in [3.63, 3.8) is 0 Å². The number of nitrogens with one attached hydrogen (secondary N) is 1. The lowest BCUT2D eigenvalue weighted by Crippen LogP contribution is -2.32. The number of rotatable bonds is 6. The van der Waals surface area contributed by atoms with Crippen LogP contribution < -0.4 is 5.32 Å². The molecule has 1 aromatic rings. The summed E-state index contributed by atoms with van der Waals surface area (Å²) in [6.45, 7) is 3.41. The molecule has 1 nitrogen and oxygen atoms in total. The fraction of sp³-hybridized carbons (Fsp3) is 0.700. The van der Waals surface area contributed by atoms with E-state index in [-0.39, 0.29) is 0 Å². The highest BCUT2D eigenvalue weighted by Crippen LogP contribution is 2.39. The van der Waals surface area contributed by atoms with Gasteiger partial charge in [-0.2, -0.15) is 0 Å². The molecule has 1 N–H and O–H groups in total. The van der Waals surface area contributed by atoms with Gasteiger partial charge in [-0.3, -0.25) is 0 Å². The minimum Gasteiger partial charge on any atom is -0.310 e. The lowest BCUT2D eigenvalue weighted by atomic mass is 9.76. The molecule has 21 heavy (non-hydrogen) atoms. The maximum absolute atomic E-state index is 3.79. The Kier molecular flexibility index (Phi) is 5.35. The van der Waals surface area contributed by atoms with Crippen molar-refractivity contribution < 1.29 is 0 Å². The molecule has 1 aromatic carbocycles. The molecule has 2 aliphatic rings. The van der Waals surface area contributed by atoms with E-state index in [0.29, 0.717) is 6.04 Å². The molecule has 3 rings (SSSR count). The third-order valence-corrected chi connectivity index (χ3v) is 5.61. The zero-order valence-electron chi connectivity index (χ0n) is 13.6. The number of benzene rings is 1. The summed E-state index contributed by atoms with van der Waals surface area (Å²) < 4.78 is 0. The minimum absolute atomic E-state index is 0.596. The van der Waals surface area contributed by atoms with Crippen LogP contribution in [0.25, 0.3) is 0 Å². The molecule has 1 heteroatoms. The summed E-state index contributed by atoms with van der Waals surface area (Å²) in [5, 5.41) is 3.79. The Balaban J connectivity index is 1.68. The Hall–Kier alpha value is -0.820. The zero-order valence-corrected chi connectivity index (χ0v) is 13.6. The molecule has 0 bridgehead atoms. The Morgan fingerprint density at radius 1 is 0.952 bits per heavy atom. The maximum Gasteiger partial charge on any atom is 0.0348 e. The van der Waals surface area contributed by atoms with Gasteiger partial charge in [-0.25, -0.2) is 0 Å². The van der Waals surface area contributed by atoms with E-state index in [1.165, 1.54) is 63.4 Å². The van der Waals surface area contributed by atoms with Gasteiger partial charge in [-0.15, -0.1) is 0 Å². The first kappa shape index (κ1) is 15.1. The first-order valence-electron chi connectivity index (χ1n) is 9.21. The molecule has 0 heterocycles. The molecule has 116 valence electrons. The third-order valence-electron chi connectivity index (χ3n) is 5.61. The van der Waals surface area contributed by atoms with Gasteiger partial charge in [0.2, 0.25) is 0 Å². The molecule has 0 radical (unpaired) electrons. The van der Waals surface area contributed by atoms with Crippen LogP contribution in [0.2, 0.25) is 0 Å². The van der Waals surface area contributed by atoms with Gasteiger partial charge in [0.1, 0.15) is 0 Å². The molecule has 0 saturated heterocycles. The fourth-order valence-electron chi connectivity index (χ4n) is 4.04. The van der Waals surface area contributed by atoms with Gasteiger partial charge in [-0.05, 0) is 61.6 Å². The van der Waals surface area contributed by atoms with Gasteiger partial charge >= 0.3 is 0 Å². The minimum atomic E-state index is 0.596. The highest BCUT2D eigenvalue weighted by molar-refractivity contribution is 5.28. The van der Waals surface area contributed by atoms with Crippen LogP contribution in [0.15, 0.2) is 24.3 Å². The van der Waals surface area contributed by atoms with E-state index in [1.54, 1.807) is 5.56 Å². The fourth-order valence-corrected chi connectivity index (χ4v) is 4.04. The zero-order chi connectivity index (χ0) is 14.5. The van der Waals surface area contributed by atoms with Gasteiger partial charge < -0.3 is 5.32 Å². The molecule has 0 spiro atoms. The smallest absolute Gasteiger partial charge is 0.0348 e. The second-order valence-electron chi connectivity index (χ2n) is 7.12. The van der Waals surface area contributed by atoms with E-state index in [0.717, 1.165) is 18.4 Å².